The second-order valence-corrected chi connectivity index (χ2v) is 7.17. The van der Waals surface area contributed by atoms with Crippen LogP contribution < -0.4 is 5.73 Å². The standard InChI is InChI=1S/C18H25NS/c1-2-4-13-7-8-15(12-19)17(11-13)16-6-3-5-14-9-10-20-18(14)16/h3,5-6,9-10,13,15,17H,2,4,7-8,11-12,19H2,1H3. The number of hydrogen-bond donors (Lipinski definition) is 1. The van der Waals surface area contributed by atoms with Gasteiger partial charge in [-0.1, -0.05) is 44.4 Å². The lowest BCUT2D eigenvalue weighted by Gasteiger charge is -2.36. The van der Waals surface area contributed by atoms with Crippen molar-refractivity contribution >= 4 is 21.4 Å². The highest BCUT2D eigenvalue weighted by atomic mass is 32.1. The molecule has 0 bridgehead atoms. The van der Waals surface area contributed by atoms with E-state index in [-0.39, 0.29) is 0 Å². The van der Waals surface area contributed by atoms with Crippen molar-refractivity contribution in [1.29, 1.82) is 0 Å². The molecule has 1 aliphatic carbocycles. The minimum Gasteiger partial charge on any atom is -0.330 e. The van der Waals surface area contributed by atoms with Crippen LogP contribution in [0.1, 0.15) is 50.5 Å². The number of rotatable bonds is 4. The average Bonchev–Trinajstić information content (AvgIpc) is 2.96. The third-order valence-electron chi connectivity index (χ3n) is 5.01. The van der Waals surface area contributed by atoms with E-state index in [0.29, 0.717) is 11.8 Å². The summed E-state index contributed by atoms with van der Waals surface area (Å²) in [7, 11) is 0. The van der Waals surface area contributed by atoms with Gasteiger partial charge in [0, 0.05) is 4.70 Å². The molecule has 2 aromatic rings. The van der Waals surface area contributed by atoms with Crippen LogP contribution in [0.4, 0.5) is 0 Å². The molecule has 1 heterocycles. The van der Waals surface area contributed by atoms with E-state index >= 15 is 0 Å². The summed E-state index contributed by atoms with van der Waals surface area (Å²) in [6.45, 7) is 3.15. The quantitative estimate of drug-likeness (QED) is 0.826. The first kappa shape index (κ1) is 14.1. The highest BCUT2D eigenvalue weighted by molar-refractivity contribution is 7.17. The Morgan fingerprint density at radius 3 is 2.95 bits per heavy atom. The molecule has 1 fully saturated rings. The van der Waals surface area contributed by atoms with Crippen LogP contribution in [-0.4, -0.2) is 6.54 Å². The lowest BCUT2D eigenvalue weighted by atomic mass is 9.70. The van der Waals surface area contributed by atoms with Crippen molar-refractivity contribution in [3.63, 3.8) is 0 Å². The minimum atomic E-state index is 0.674. The number of thiophene rings is 1. The topological polar surface area (TPSA) is 26.0 Å². The molecule has 1 nitrogen and oxygen atoms in total. The largest absolute Gasteiger partial charge is 0.330 e. The number of fused-ring (bicyclic) bond motifs is 1. The fourth-order valence-electron chi connectivity index (χ4n) is 3.96. The zero-order valence-corrected chi connectivity index (χ0v) is 13.2. The van der Waals surface area contributed by atoms with Crippen LogP contribution in [0.25, 0.3) is 10.1 Å². The summed E-state index contributed by atoms with van der Waals surface area (Å²) in [6, 6.07) is 9.05. The molecule has 0 saturated heterocycles. The summed E-state index contributed by atoms with van der Waals surface area (Å²) in [5.41, 5.74) is 7.64. The summed E-state index contributed by atoms with van der Waals surface area (Å²) in [5.74, 6) is 2.26. The minimum absolute atomic E-state index is 0.674. The first-order valence-electron chi connectivity index (χ1n) is 7.99. The molecule has 1 aromatic carbocycles. The monoisotopic (exact) mass is 287 g/mol. The van der Waals surface area contributed by atoms with Crippen LogP contribution >= 0.6 is 11.3 Å². The molecule has 1 saturated carbocycles. The van der Waals surface area contributed by atoms with Crippen LogP contribution in [0.15, 0.2) is 29.6 Å². The van der Waals surface area contributed by atoms with E-state index in [0.717, 1.165) is 12.5 Å². The van der Waals surface area contributed by atoms with E-state index in [9.17, 15) is 0 Å². The Hall–Kier alpha value is -0.860. The number of hydrogen-bond acceptors (Lipinski definition) is 2. The highest BCUT2D eigenvalue weighted by Crippen LogP contribution is 2.44. The van der Waals surface area contributed by atoms with Gasteiger partial charge in [0.2, 0.25) is 0 Å². The Labute approximate surface area is 126 Å². The first-order valence-corrected chi connectivity index (χ1v) is 8.87. The van der Waals surface area contributed by atoms with Crippen LogP contribution in [0.5, 0.6) is 0 Å². The molecular weight excluding hydrogens is 262 g/mol. The van der Waals surface area contributed by atoms with E-state index in [2.05, 4.69) is 36.6 Å². The van der Waals surface area contributed by atoms with E-state index in [1.165, 1.54) is 42.2 Å². The first-order chi connectivity index (χ1) is 9.83. The molecule has 3 atom stereocenters. The zero-order valence-electron chi connectivity index (χ0n) is 12.3. The Morgan fingerprint density at radius 2 is 2.15 bits per heavy atom. The lowest BCUT2D eigenvalue weighted by molar-refractivity contribution is 0.231. The van der Waals surface area contributed by atoms with E-state index in [1.54, 1.807) is 5.56 Å². The molecule has 108 valence electrons. The van der Waals surface area contributed by atoms with Gasteiger partial charge in [0.1, 0.15) is 0 Å². The molecule has 20 heavy (non-hydrogen) atoms. The number of nitrogens with two attached hydrogens (primary N) is 1. The second kappa shape index (κ2) is 6.28. The lowest BCUT2D eigenvalue weighted by Crippen LogP contribution is -2.29. The van der Waals surface area contributed by atoms with Gasteiger partial charge >= 0.3 is 0 Å². The summed E-state index contributed by atoms with van der Waals surface area (Å²) >= 11 is 1.89. The molecule has 3 rings (SSSR count). The molecule has 0 spiro atoms. The predicted octanol–water partition coefficient (Wildman–Crippen LogP) is 5.16. The summed E-state index contributed by atoms with van der Waals surface area (Å²) < 4.78 is 1.49. The van der Waals surface area contributed by atoms with Crippen molar-refractivity contribution in [2.24, 2.45) is 17.6 Å². The highest BCUT2D eigenvalue weighted by Gasteiger charge is 2.31. The van der Waals surface area contributed by atoms with Crippen LogP contribution in [0.2, 0.25) is 0 Å². The van der Waals surface area contributed by atoms with Crippen LogP contribution in [0, 0.1) is 11.8 Å². The predicted molar refractivity (Wildman–Crippen MR) is 89.4 cm³/mol. The fraction of sp³-hybridized carbons (Fsp3) is 0.556. The van der Waals surface area contributed by atoms with Crippen molar-refractivity contribution in [2.45, 2.75) is 44.9 Å². The van der Waals surface area contributed by atoms with Crippen molar-refractivity contribution in [1.82, 2.24) is 0 Å². The molecule has 0 aliphatic heterocycles. The maximum absolute atomic E-state index is 6.07. The van der Waals surface area contributed by atoms with Crippen molar-refractivity contribution in [3.05, 3.63) is 35.2 Å². The molecule has 2 N–H and O–H groups in total. The van der Waals surface area contributed by atoms with Gasteiger partial charge in [-0.25, -0.2) is 0 Å². The van der Waals surface area contributed by atoms with Gasteiger partial charge in [0.15, 0.2) is 0 Å². The molecule has 1 aromatic heterocycles. The molecule has 1 aliphatic rings. The van der Waals surface area contributed by atoms with Crippen LogP contribution in [-0.2, 0) is 0 Å². The number of benzene rings is 1. The third-order valence-corrected chi connectivity index (χ3v) is 5.99. The normalized spacial score (nSPS) is 27.0. The smallest absolute Gasteiger partial charge is 0.0377 e. The van der Waals surface area contributed by atoms with Gasteiger partial charge in [-0.15, -0.1) is 11.3 Å². The third kappa shape index (κ3) is 2.64. The zero-order chi connectivity index (χ0) is 13.9. The van der Waals surface area contributed by atoms with Gasteiger partial charge in [-0.2, -0.15) is 0 Å². The second-order valence-electron chi connectivity index (χ2n) is 6.26. The summed E-state index contributed by atoms with van der Waals surface area (Å²) in [5, 5.41) is 3.62. The van der Waals surface area contributed by atoms with Gasteiger partial charge in [-0.05, 0) is 59.5 Å². The van der Waals surface area contributed by atoms with E-state index < -0.39 is 0 Å². The van der Waals surface area contributed by atoms with E-state index in [1.807, 2.05) is 11.3 Å². The molecule has 2 heteroatoms. The van der Waals surface area contributed by atoms with Gasteiger partial charge in [0.05, 0.1) is 0 Å². The average molecular weight is 287 g/mol. The summed E-state index contributed by atoms with van der Waals surface area (Å²) in [6.07, 6.45) is 6.73. The molecular formula is C18H25NS. The Kier molecular flexibility index (Phi) is 4.42. The Morgan fingerprint density at radius 1 is 1.25 bits per heavy atom. The Bertz CT molecular complexity index is 559. The van der Waals surface area contributed by atoms with Crippen molar-refractivity contribution in [2.75, 3.05) is 6.54 Å². The maximum atomic E-state index is 6.07. The van der Waals surface area contributed by atoms with E-state index in [4.69, 9.17) is 5.73 Å². The van der Waals surface area contributed by atoms with Gasteiger partial charge in [0.25, 0.3) is 0 Å². The van der Waals surface area contributed by atoms with Crippen molar-refractivity contribution < 1.29 is 0 Å². The molecule has 0 amide bonds. The SMILES string of the molecule is CCCC1CCC(CN)C(c2cccc3ccsc23)C1. The molecule has 0 radical (unpaired) electrons. The molecule has 3 unspecified atom stereocenters. The fourth-order valence-corrected chi connectivity index (χ4v) is 4.94. The van der Waals surface area contributed by atoms with Crippen molar-refractivity contribution in [3.8, 4) is 0 Å². The van der Waals surface area contributed by atoms with Crippen LogP contribution in [0.3, 0.4) is 0 Å². The maximum Gasteiger partial charge on any atom is 0.0377 e. The Balaban J connectivity index is 1.93. The summed E-state index contributed by atoms with van der Waals surface area (Å²) in [4.78, 5) is 0. The van der Waals surface area contributed by atoms with Gasteiger partial charge in [-0.3, -0.25) is 0 Å². The van der Waals surface area contributed by atoms with Gasteiger partial charge < -0.3 is 5.73 Å².